The van der Waals surface area contributed by atoms with Crippen molar-refractivity contribution in [3.05, 3.63) is 29.3 Å². The van der Waals surface area contributed by atoms with Crippen LogP contribution in [-0.4, -0.2) is 44.4 Å². The number of ether oxygens (including phenoxy) is 2. The van der Waals surface area contributed by atoms with Gasteiger partial charge in [-0.3, -0.25) is 4.79 Å². The molecule has 4 rings (SSSR count). The molecule has 148 valence electrons. The molecule has 5 heteroatoms. The van der Waals surface area contributed by atoms with E-state index in [1.54, 1.807) is 6.92 Å². The Morgan fingerprint density at radius 1 is 1.19 bits per heavy atom. The molecule has 3 aliphatic rings. The van der Waals surface area contributed by atoms with Gasteiger partial charge in [-0.05, 0) is 49.4 Å². The molecule has 0 unspecified atom stereocenters. The van der Waals surface area contributed by atoms with Crippen LogP contribution >= 0.6 is 0 Å². The molecule has 3 fully saturated rings. The first-order valence-corrected chi connectivity index (χ1v) is 10.5. The molecule has 1 aliphatic carbocycles. The summed E-state index contributed by atoms with van der Waals surface area (Å²) in [7, 11) is 0. The molecule has 27 heavy (non-hydrogen) atoms. The Kier molecular flexibility index (Phi) is 5.69. The number of amides is 1. The molecule has 2 saturated heterocycles. The van der Waals surface area contributed by atoms with Gasteiger partial charge in [0, 0.05) is 37.7 Å². The minimum Gasteiger partial charge on any atom is -0.378 e. The number of nitrogens with zero attached hydrogens (tertiary/aromatic N) is 1. The van der Waals surface area contributed by atoms with Crippen LogP contribution in [0.4, 0.5) is 5.69 Å². The van der Waals surface area contributed by atoms with Crippen LogP contribution in [0.3, 0.4) is 0 Å². The van der Waals surface area contributed by atoms with Crippen molar-refractivity contribution in [2.75, 3.05) is 31.2 Å². The molecule has 0 spiro atoms. The summed E-state index contributed by atoms with van der Waals surface area (Å²) in [4.78, 5) is 14.1. The van der Waals surface area contributed by atoms with Crippen molar-refractivity contribution in [1.82, 2.24) is 5.32 Å². The van der Waals surface area contributed by atoms with E-state index in [0.717, 1.165) is 45.6 Å². The molecule has 0 aromatic heterocycles. The normalized spacial score (nSPS) is 31.3. The zero-order valence-corrected chi connectivity index (χ0v) is 16.6. The Morgan fingerprint density at radius 2 is 1.96 bits per heavy atom. The number of anilines is 1. The van der Waals surface area contributed by atoms with Gasteiger partial charge >= 0.3 is 0 Å². The fourth-order valence-corrected chi connectivity index (χ4v) is 5.09. The van der Waals surface area contributed by atoms with Crippen molar-refractivity contribution in [1.29, 1.82) is 0 Å². The number of aryl methyl sites for hydroxylation is 1. The van der Waals surface area contributed by atoms with E-state index in [0.29, 0.717) is 5.92 Å². The Labute approximate surface area is 162 Å². The molecule has 1 saturated carbocycles. The van der Waals surface area contributed by atoms with Crippen LogP contribution in [0, 0.1) is 12.8 Å². The number of hydrogen-bond acceptors (Lipinski definition) is 4. The summed E-state index contributed by atoms with van der Waals surface area (Å²) >= 11 is 0. The highest BCUT2D eigenvalue weighted by molar-refractivity contribution is 5.73. The fraction of sp³-hybridized carbons (Fsp3) is 0.682. The highest BCUT2D eigenvalue weighted by Gasteiger charge is 2.41. The van der Waals surface area contributed by atoms with Gasteiger partial charge in [-0.1, -0.05) is 18.9 Å². The lowest BCUT2D eigenvalue weighted by Gasteiger charge is -2.45. The predicted molar refractivity (Wildman–Crippen MR) is 106 cm³/mol. The summed E-state index contributed by atoms with van der Waals surface area (Å²) < 4.78 is 12.0. The number of benzene rings is 1. The monoisotopic (exact) mass is 372 g/mol. The Balaban J connectivity index is 1.53. The smallest absolute Gasteiger partial charge is 0.217 e. The molecule has 5 nitrogen and oxygen atoms in total. The minimum atomic E-state index is 0.0694. The molecular formula is C22H32N2O3. The number of hydrogen-bond donors (Lipinski definition) is 1. The molecule has 1 aromatic rings. The molecule has 1 N–H and O–H groups in total. The van der Waals surface area contributed by atoms with E-state index in [1.165, 1.54) is 29.7 Å². The van der Waals surface area contributed by atoms with Gasteiger partial charge in [0.1, 0.15) is 0 Å². The van der Waals surface area contributed by atoms with Crippen LogP contribution in [0.25, 0.3) is 0 Å². The average Bonchev–Trinajstić information content (AvgIpc) is 2.68. The van der Waals surface area contributed by atoms with Gasteiger partial charge in [0.15, 0.2) is 0 Å². The van der Waals surface area contributed by atoms with Gasteiger partial charge in [-0.15, -0.1) is 0 Å². The van der Waals surface area contributed by atoms with Gasteiger partial charge in [0.25, 0.3) is 0 Å². The summed E-state index contributed by atoms with van der Waals surface area (Å²) in [5.41, 5.74) is 3.82. The lowest BCUT2D eigenvalue weighted by atomic mass is 9.76. The maximum Gasteiger partial charge on any atom is 0.217 e. The quantitative estimate of drug-likeness (QED) is 0.884. The maximum atomic E-state index is 11.7. The average molecular weight is 373 g/mol. The number of carbonyl (C=O) groups excluding carboxylic acids is 1. The summed E-state index contributed by atoms with van der Waals surface area (Å²) in [6.45, 7) is 7.32. The fourth-order valence-electron chi connectivity index (χ4n) is 5.09. The summed E-state index contributed by atoms with van der Waals surface area (Å²) in [5.74, 6) is 0.538. The number of rotatable bonds is 3. The SMILES string of the molecule is CC(=O)N[C@@H]1C[C@H](c2ccc(N3CCOCC3)cc2C)O[C@@H]2CCCC[C@@H]12. The second-order valence-corrected chi connectivity index (χ2v) is 8.29. The van der Waals surface area contributed by atoms with Crippen LogP contribution in [0.5, 0.6) is 0 Å². The molecule has 1 aromatic carbocycles. The van der Waals surface area contributed by atoms with E-state index in [-0.39, 0.29) is 24.2 Å². The van der Waals surface area contributed by atoms with Gasteiger partial charge in [0.05, 0.1) is 25.4 Å². The highest BCUT2D eigenvalue weighted by atomic mass is 16.5. The van der Waals surface area contributed by atoms with E-state index in [2.05, 4.69) is 35.3 Å². The van der Waals surface area contributed by atoms with Crippen LogP contribution in [-0.2, 0) is 14.3 Å². The first-order chi connectivity index (χ1) is 13.1. The number of nitrogens with one attached hydrogen (secondary N) is 1. The van der Waals surface area contributed by atoms with Crippen molar-refractivity contribution in [3.8, 4) is 0 Å². The number of morpholine rings is 1. The van der Waals surface area contributed by atoms with E-state index in [4.69, 9.17) is 9.47 Å². The van der Waals surface area contributed by atoms with Crippen molar-refractivity contribution < 1.29 is 14.3 Å². The largest absolute Gasteiger partial charge is 0.378 e. The molecule has 2 heterocycles. The van der Waals surface area contributed by atoms with E-state index < -0.39 is 0 Å². The third kappa shape index (κ3) is 4.14. The van der Waals surface area contributed by atoms with Crippen molar-refractivity contribution in [3.63, 3.8) is 0 Å². The highest BCUT2D eigenvalue weighted by Crippen LogP contribution is 2.42. The first-order valence-electron chi connectivity index (χ1n) is 10.5. The van der Waals surface area contributed by atoms with Crippen LogP contribution in [0.15, 0.2) is 18.2 Å². The predicted octanol–water partition coefficient (Wildman–Crippen LogP) is 3.36. The van der Waals surface area contributed by atoms with Gasteiger partial charge in [0.2, 0.25) is 5.91 Å². The summed E-state index contributed by atoms with van der Waals surface area (Å²) in [5, 5.41) is 3.22. The maximum absolute atomic E-state index is 11.7. The van der Waals surface area contributed by atoms with Crippen LogP contribution < -0.4 is 10.2 Å². The third-order valence-electron chi connectivity index (χ3n) is 6.44. The standard InChI is InChI=1S/C22H32N2O3/c1-15-13-17(24-9-11-26-12-10-24)7-8-18(15)22-14-20(23-16(2)25)19-5-3-4-6-21(19)27-22/h7-8,13,19-22H,3-6,9-12,14H2,1-2H3,(H,23,25)/t19-,20+,21+,22+/m0/s1. The summed E-state index contributed by atoms with van der Waals surface area (Å²) in [6, 6.07) is 6.96. The lowest BCUT2D eigenvalue weighted by Crippen LogP contribution is -2.50. The second-order valence-electron chi connectivity index (χ2n) is 8.29. The molecule has 0 radical (unpaired) electrons. The number of fused-ring (bicyclic) bond motifs is 1. The van der Waals surface area contributed by atoms with E-state index in [1.807, 2.05) is 0 Å². The zero-order chi connectivity index (χ0) is 18.8. The second kappa shape index (κ2) is 8.19. The number of carbonyl (C=O) groups is 1. The van der Waals surface area contributed by atoms with Crippen LogP contribution in [0.2, 0.25) is 0 Å². The Hall–Kier alpha value is -1.59. The topological polar surface area (TPSA) is 50.8 Å². The van der Waals surface area contributed by atoms with Crippen molar-refractivity contribution >= 4 is 11.6 Å². The lowest BCUT2D eigenvalue weighted by molar-refractivity contribution is -0.131. The Bertz CT molecular complexity index is 672. The molecular weight excluding hydrogens is 340 g/mol. The van der Waals surface area contributed by atoms with Crippen molar-refractivity contribution in [2.24, 2.45) is 5.92 Å². The van der Waals surface area contributed by atoms with Gasteiger partial charge in [-0.2, -0.15) is 0 Å². The van der Waals surface area contributed by atoms with Crippen LogP contribution in [0.1, 0.15) is 56.3 Å². The zero-order valence-electron chi connectivity index (χ0n) is 16.6. The Morgan fingerprint density at radius 3 is 2.70 bits per heavy atom. The molecule has 2 aliphatic heterocycles. The van der Waals surface area contributed by atoms with Gasteiger partial charge in [-0.25, -0.2) is 0 Å². The first kappa shape index (κ1) is 18.8. The van der Waals surface area contributed by atoms with E-state index >= 15 is 0 Å². The molecule has 0 bridgehead atoms. The minimum absolute atomic E-state index is 0.0694. The molecule has 1 amide bonds. The van der Waals surface area contributed by atoms with Gasteiger partial charge < -0.3 is 19.7 Å². The molecule has 4 atom stereocenters. The van der Waals surface area contributed by atoms with E-state index in [9.17, 15) is 4.79 Å². The third-order valence-corrected chi connectivity index (χ3v) is 6.44. The summed E-state index contributed by atoms with van der Waals surface area (Å²) in [6.07, 6.45) is 5.97. The van der Waals surface area contributed by atoms with Crippen molar-refractivity contribution in [2.45, 2.75) is 64.2 Å².